The molecule has 0 atom stereocenters. The van der Waals surface area contributed by atoms with Crippen LogP contribution in [-0.4, -0.2) is 20.7 Å². The molecule has 10 heteroatoms. The van der Waals surface area contributed by atoms with Gasteiger partial charge in [0.15, 0.2) is 11.6 Å². The molecule has 30 heavy (non-hydrogen) atoms. The molecule has 5 nitrogen and oxygen atoms in total. The van der Waals surface area contributed by atoms with Crippen LogP contribution in [0, 0.1) is 11.6 Å². The summed E-state index contributed by atoms with van der Waals surface area (Å²) in [4.78, 5) is 15.2. The van der Waals surface area contributed by atoms with Crippen molar-refractivity contribution in [2.75, 3.05) is 5.32 Å². The molecule has 0 saturated heterocycles. The Kier molecular flexibility index (Phi) is 4.76. The van der Waals surface area contributed by atoms with Crippen molar-refractivity contribution < 1.29 is 26.7 Å². The first-order chi connectivity index (χ1) is 14.2. The van der Waals surface area contributed by atoms with Crippen molar-refractivity contribution in [3.05, 3.63) is 83.3 Å². The van der Waals surface area contributed by atoms with Crippen molar-refractivity contribution in [3.8, 4) is 0 Å². The summed E-state index contributed by atoms with van der Waals surface area (Å²) in [6, 6.07) is 6.60. The summed E-state index contributed by atoms with van der Waals surface area (Å²) in [6.45, 7) is 0.170. The number of aromatic nitrogens is 3. The molecular formula is C20H13F5N4O. The summed E-state index contributed by atoms with van der Waals surface area (Å²) in [5.74, 6) is -2.58. The molecule has 0 aliphatic heterocycles. The topological polar surface area (TPSA) is 62.7 Å². The number of aromatic amines is 1. The van der Waals surface area contributed by atoms with Crippen LogP contribution in [0.4, 0.5) is 27.6 Å². The van der Waals surface area contributed by atoms with Crippen LogP contribution < -0.4 is 5.32 Å². The van der Waals surface area contributed by atoms with E-state index in [-0.39, 0.29) is 17.8 Å². The average Bonchev–Trinajstić information content (AvgIpc) is 3.30. The van der Waals surface area contributed by atoms with Gasteiger partial charge in [-0.1, -0.05) is 12.1 Å². The van der Waals surface area contributed by atoms with Crippen molar-refractivity contribution in [1.29, 1.82) is 0 Å². The summed E-state index contributed by atoms with van der Waals surface area (Å²) >= 11 is 0. The number of hydrogen-bond donors (Lipinski definition) is 2. The average molecular weight is 420 g/mol. The van der Waals surface area contributed by atoms with Gasteiger partial charge in [0.1, 0.15) is 0 Å². The van der Waals surface area contributed by atoms with Gasteiger partial charge < -0.3 is 10.3 Å². The third kappa shape index (κ3) is 3.88. The molecule has 4 rings (SSSR count). The highest BCUT2D eigenvalue weighted by molar-refractivity contribution is 6.08. The van der Waals surface area contributed by atoms with E-state index >= 15 is 0 Å². The van der Waals surface area contributed by atoms with Crippen LogP contribution in [0.1, 0.15) is 21.5 Å². The SMILES string of the molecule is O=C(Nc1c[nH]c2cc(F)c(F)cc12)c1cnn(Cc2ccc(C(F)(F)F)cc2)c1. The molecule has 2 aromatic heterocycles. The fourth-order valence-electron chi connectivity index (χ4n) is 2.97. The lowest BCUT2D eigenvalue weighted by atomic mass is 10.1. The maximum Gasteiger partial charge on any atom is 0.416 e. The Morgan fingerprint density at radius 2 is 1.80 bits per heavy atom. The van der Waals surface area contributed by atoms with Gasteiger partial charge in [-0.05, 0) is 23.8 Å². The van der Waals surface area contributed by atoms with Gasteiger partial charge in [0, 0.05) is 23.8 Å². The number of carbonyl (C=O) groups is 1. The van der Waals surface area contributed by atoms with E-state index in [0.29, 0.717) is 16.5 Å². The second-order valence-corrected chi connectivity index (χ2v) is 6.59. The zero-order valence-electron chi connectivity index (χ0n) is 15.1. The van der Waals surface area contributed by atoms with E-state index in [0.717, 1.165) is 24.3 Å². The van der Waals surface area contributed by atoms with Gasteiger partial charge in [-0.25, -0.2) is 8.78 Å². The maximum atomic E-state index is 13.5. The Hall–Kier alpha value is -3.69. The zero-order valence-corrected chi connectivity index (χ0v) is 15.1. The van der Waals surface area contributed by atoms with Crippen LogP contribution in [0.2, 0.25) is 0 Å². The van der Waals surface area contributed by atoms with Gasteiger partial charge in [0.25, 0.3) is 5.91 Å². The molecule has 0 aliphatic rings. The van der Waals surface area contributed by atoms with Crippen molar-refractivity contribution in [3.63, 3.8) is 0 Å². The van der Waals surface area contributed by atoms with E-state index in [1.165, 1.54) is 35.4 Å². The Morgan fingerprint density at radius 1 is 1.10 bits per heavy atom. The maximum absolute atomic E-state index is 13.5. The number of carbonyl (C=O) groups excluding carboxylic acids is 1. The van der Waals surface area contributed by atoms with Crippen molar-refractivity contribution >= 4 is 22.5 Å². The molecule has 0 unspecified atom stereocenters. The molecular weight excluding hydrogens is 407 g/mol. The van der Waals surface area contributed by atoms with E-state index in [9.17, 15) is 26.7 Å². The molecule has 0 aliphatic carbocycles. The Balaban J connectivity index is 1.47. The minimum Gasteiger partial charge on any atom is -0.359 e. The molecule has 0 saturated carbocycles. The molecule has 0 radical (unpaired) electrons. The zero-order chi connectivity index (χ0) is 21.5. The monoisotopic (exact) mass is 420 g/mol. The number of amides is 1. The van der Waals surface area contributed by atoms with Gasteiger partial charge in [-0.3, -0.25) is 9.48 Å². The first-order valence-electron chi connectivity index (χ1n) is 8.67. The minimum absolute atomic E-state index is 0.170. The van der Waals surface area contributed by atoms with Crippen LogP contribution in [0.3, 0.4) is 0 Å². The highest BCUT2D eigenvalue weighted by Crippen LogP contribution is 2.29. The molecule has 2 N–H and O–H groups in total. The van der Waals surface area contributed by atoms with Crippen molar-refractivity contribution in [1.82, 2.24) is 14.8 Å². The molecule has 154 valence electrons. The number of halogens is 5. The van der Waals surface area contributed by atoms with Crippen LogP contribution in [0.15, 0.2) is 55.0 Å². The van der Waals surface area contributed by atoms with Crippen LogP contribution in [0.5, 0.6) is 0 Å². The predicted octanol–water partition coefficient (Wildman–Crippen LogP) is 4.96. The van der Waals surface area contributed by atoms with Crippen molar-refractivity contribution in [2.45, 2.75) is 12.7 Å². The Bertz CT molecular complexity index is 1220. The summed E-state index contributed by atoms with van der Waals surface area (Å²) in [6.07, 6.45) is -0.267. The van der Waals surface area contributed by atoms with Gasteiger partial charge in [-0.2, -0.15) is 18.3 Å². The normalized spacial score (nSPS) is 11.8. The number of benzene rings is 2. The second kappa shape index (κ2) is 7.29. The lowest BCUT2D eigenvalue weighted by Crippen LogP contribution is -2.11. The van der Waals surface area contributed by atoms with Gasteiger partial charge in [0.2, 0.25) is 0 Å². The molecule has 1 amide bonds. The molecule has 0 bridgehead atoms. The van der Waals surface area contributed by atoms with E-state index in [1.54, 1.807) is 0 Å². The first kappa shape index (κ1) is 19.6. The molecule has 2 aromatic carbocycles. The number of rotatable bonds is 4. The minimum atomic E-state index is -4.41. The Labute approximate surface area is 166 Å². The van der Waals surface area contributed by atoms with E-state index < -0.39 is 29.3 Å². The van der Waals surface area contributed by atoms with Gasteiger partial charge >= 0.3 is 6.18 Å². The highest BCUT2D eigenvalue weighted by atomic mass is 19.4. The van der Waals surface area contributed by atoms with E-state index in [1.807, 2.05) is 0 Å². The fraction of sp³-hybridized carbons (Fsp3) is 0.100. The lowest BCUT2D eigenvalue weighted by molar-refractivity contribution is -0.137. The number of alkyl halides is 3. The summed E-state index contributed by atoms with van der Waals surface area (Å²) in [5.41, 5.74) is 0.611. The van der Waals surface area contributed by atoms with Crippen LogP contribution in [0.25, 0.3) is 10.9 Å². The number of hydrogen-bond acceptors (Lipinski definition) is 2. The number of H-pyrrole nitrogens is 1. The number of fused-ring (bicyclic) bond motifs is 1. The lowest BCUT2D eigenvalue weighted by Gasteiger charge is -2.07. The summed E-state index contributed by atoms with van der Waals surface area (Å²) < 4.78 is 66.1. The molecule has 4 aromatic rings. The van der Waals surface area contributed by atoms with Crippen LogP contribution >= 0.6 is 0 Å². The standard InChI is InChI=1S/C20H13F5N4O/c21-15-5-14-17(6-16(15)22)26-8-18(14)28-19(30)12-7-27-29(10-12)9-11-1-3-13(4-2-11)20(23,24)25/h1-8,10,26H,9H2,(H,28,30). The van der Waals surface area contributed by atoms with Crippen LogP contribution in [-0.2, 0) is 12.7 Å². The smallest absolute Gasteiger partial charge is 0.359 e. The van der Waals surface area contributed by atoms with Gasteiger partial charge in [0.05, 0.1) is 35.1 Å². The number of nitrogens with zero attached hydrogens (tertiary/aromatic N) is 2. The summed E-state index contributed by atoms with van der Waals surface area (Å²) in [5, 5.41) is 6.93. The predicted molar refractivity (Wildman–Crippen MR) is 98.9 cm³/mol. The molecule has 2 heterocycles. The third-order valence-corrected chi connectivity index (χ3v) is 4.49. The number of anilines is 1. The van der Waals surface area contributed by atoms with E-state index in [4.69, 9.17) is 0 Å². The Morgan fingerprint density at radius 3 is 2.50 bits per heavy atom. The summed E-state index contributed by atoms with van der Waals surface area (Å²) in [7, 11) is 0. The second-order valence-electron chi connectivity index (χ2n) is 6.59. The third-order valence-electron chi connectivity index (χ3n) is 4.49. The first-order valence-corrected chi connectivity index (χ1v) is 8.67. The highest BCUT2D eigenvalue weighted by Gasteiger charge is 2.29. The fourth-order valence-corrected chi connectivity index (χ4v) is 2.97. The number of nitrogens with one attached hydrogen (secondary N) is 2. The largest absolute Gasteiger partial charge is 0.416 e. The molecule has 0 fully saturated rings. The quantitative estimate of drug-likeness (QED) is 0.459. The van der Waals surface area contributed by atoms with Gasteiger partial charge in [-0.15, -0.1) is 0 Å². The molecule has 0 spiro atoms. The van der Waals surface area contributed by atoms with Crippen molar-refractivity contribution in [2.24, 2.45) is 0 Å². The van der Waals surface area contributed by atoms with E-state index in [2.05, 4.69) is 15.4 Å².